The average molecular weight is 382 g/mol. The Morgan fingerprint density at radius 1 is 1.11 bits per heavy atom. The number of carbonyl (C=O) groups excluding carboxylic acids is 1. The molecule has 0 radical (unpaired) electrons. The van der Waals surface area contributed by atoms with Crippen LogP contribution >= 0.6 is 0 Å². The molecule has 0 N–H and O–H groups in total. The average Bonchev–Trinajstić information content (AvgIpc) is 2.99. The van der Waals surface area contributed by atoms with Gasteiger partial charge in [-0.1, -0.05) is 18.2 Å². The topological polar surface area (TPSA) is 54.3 Å². The number of fused-ring (bicyclic) bond motifs is 1. The summed E-state index contributed by atoms with van der Waals surface area (Å²) in [6, 6.07) is 6.78. The Balaban J connectivity index is 1.45. The van der Waals surface area contributed by atoms with Crippen LogP contribution < -0.4 is 0 Å². The fourth-order valence-corrected chi connectivity index (χ4v) is 4.48. The zero-order valence-corrected chi connectivity index (χ0v) is 17.3. The van der Waals surface area contributed by atoms with Gasteiger partial charge in [0.2, 0.25) is 5.91 Å². The van der Waals surface area contributed by atoms with E-state index in [1.165, 1.54) is 16.7 Å². The number of hydrogen-bond donors (Lipinski definition) is 0. The zero-order valence-electron chi connectivity index (χ0n) is 17.3. The minimum absolute atomic E-state index is 0.167. The molecule has 2 aliphatic heterocycles. The van der Waals surface area contributed by atoms with Crippen LogP contribution in [0.25, 0.3) is 0 Å². The summed E-state index contributed by atoms with van der Waals surface area (Å²) in [6.07, 6.45) is 3.07. The Bertz CT molecular complexity index is 859. The van der Waals surface area contributed by atoms with Crippen molar-refractivity contribution in [2.45, 2.75) is 59.0 Å². The number of hydrogen-bond acceptors (Lipinski definition) is 4. The van der Waals surface area contributed by atoms with Gasteiger partial charge < -0.3 is 9.47 Å². The van der Waals surface area contributed by atoms with Crippen molar-refractivity contribution in [2.75, 3.05) is 26.2 Å². The molecule has 6 heteroatoms. The van der Waals surface area contributed by atoms with E-state index in [-0.39, 0.29) is 5.91 Å². The third kappa shape index (κ3) is 3.97. The molecule has 2 aliphatic rings. The Morgan fingerprint density at radius 2 is 1.96 bits per heavy atom. The molecule has 28 heavy (non-hydrogen) atoms. The fourth-order valence-electron chi connectivity index (χ4n) is 4.48. The summed E-state index contributed by atoms with van der Waals surface area (Å²) in [6.45, 7) is 11.6. The van der Waals surface area contributed by atoms with Gasteiger partial charge in [0.25, 0.3) is 0 Å². The lowest BCUT2D eigenvalue weighted by Gasteiger charge is -2.31. The summed E-state index contributed by atoms with van der Waals surface area (Å²) in [7, 11) is 0. The van der Waals surface area contributed by atoms with Gasteiger partial charge in [-0.3, -0.25) is 9.69 Å². The predicted octanol–water partition coefficient (Wildman–Crippen LogP) is 2.68. The smallest absolute Gasteiger partial charge is 0.219 e. The molecule has 1 saturated heterocycles. The van der Waals surface area contributed by atoms with Gasteiger partial charge in [0.1, 0.15) is 11.6 Å². The summed E-state index contributed by atoms with van der Waals surface area (Å²) >= 11 is 0. The maximum absolute atomic E-state index is 11.8. The van der Waals surface area contributed by atoms with Crippen molar-refractivity contribution >= 4 is 5.91 Å². The number of benzene rings is 1. The van der Waals surface area contributed by atoms with E-state index in [2.05, 4.69) is 51.7 Å². The Morgan fingerprint density at radius 3 is 2.75 bits per heavy atom. The van der Waals surface area contributed by atoms with Gasteiger partial charge in [0.15, 0.2) is 0 Å². The van der Waals surface area contributed by atoms with E-state index in [1.807, 2.05) is 4.90 Å². The second-order valence-corrected chi connectivity index (χ2v) is 8.38. The summed E-state index contributed by atoms with van der Waals surface area (Å²) in [5.41, 5.74) is 4.09. The second kappa shape index (κ2) is 8.03. The first-order chi connectivity index (χ1) is 13.5. The number of likely N-dealkylation sites (tertiary alicyclic amines) is 1. The highest BCUT2D eigenvalue weighted by molar-refractivity contribution is 5.73. The van der Waals surface area contributed by atoms with Crippen LogP contribution in [0.2, 0.25) is 0 Å². The summed E-state index contributed by atoms with van der Waals surface area (Å²) in [5.74, 6) is 2.65. The maximum Gasteiger partial charge on any atom is 0.219 e. The molecule has 0 bridgehead atoms. The third-order valence-corrected chi connectivity index (χ3v) is 6.36. The van der Waals surface area contributed by atoms with E-state index in [1.54, 1.807) is 6.92 Å². The van der Waals surface area contributed by atoms with Crippen LogP contribution in [-0.2, 0) is 24.3 Å². The predicted molar refractivity (Wildman–Crippen MR) is 109 cm³/mol. The van der Waals surface area contributed by atoms with E-state index in [0.29, 0.717) is 5.92 Å². The highest BCUT2D eigenvalue weighted by atomic mass is 16.2. The number of amides is 1. The first-order valence-electron chi connectivity index (χ1n) is 10.5. The van der Waals surface area contributed by atoms with Crippen molar-refractivity contribution in [3.8, 4) is 0 Å². The molecule has 1 fully saturated rings. The molecule has 0 unspecified atom stereocenters. The molecule has 1 aromatic carbocycles. The Hall–Kier alpha value is -2.21. The lowest BCUT2D eigenvalue weighted by molar-refractivity contribution is -0.130. The normalized spacial score (nSPS) is 20.7. The van der Waals surface area contributed by atoms with Crippen LogP contribution in [0.15, 0.2) is 18.2 Å². The molecule has 0 spiro atoms. The minimum Gasteiger partial charge on any atom is -0.342 e. The quantitative estimate of drug-likeness (QED) is 0.820. The third-order valence-electron chi connectivity index (χ3n) is 6.36. The number of carbonyl (C=O) groups is 1. The molecule has 1 aromatic heterocycles. The molecule has 2 aromatic rings. The largest absolute Gasteiger partial charge is 0.342 e. The van der Waals surface area contributed by atoms with Gasteiger partial charge in [-0.05, 0) is 43.4 Å². The van der Waals surface area contributed by atoms with E-state index in [0.717, 1.165) is 70.2 Å². The Kier molecular flexibility index (Phi) is 5.49. The van der Waals surface area contributed by atoms with Crippen LogP contribution in [0.5, 0.6) is 0 Å². The van der Waals surface area contributed by atoms with Gasteiger partial charge in [-0.2, -0.15) is 0 Å². The molecule has 1 atom stereocenters. The molecule has 4 rings (SSSR count). The molecular formula is C22H31N5O. The van der Waals surface area contributed by atoms with E-state index < -0.39 is 0 Å². The first kappa shape index (κ1) is 19.1. The van der Waals surface area contributed by atoms with Crippen molar-refractivity contribution in [3.63, 3.8) is 0 Å². The van der Waals surface area contributed by atoms with Crippen LogP contribution in [0.3, 0.4) is 0 Å². The number of nitrogens with zero attached hydrogens (tertiary/aromatic N) is 5. The molecule has 0 saturated carbocycles. The van der Waals surface area contributed by atoms with Gasteiger partial charge >= 0.3 is 0 Å². The second-order valence-electron chi connectivity index (χ2n) is 8.38. The monoisotopic (exact) mass is 381 g/mol. The zero-order chi connectivity index (χ0) is 19.7. The summed E-state index contributed by atoms with van der Waals surface area (Å²) in [4.78, 5) is 16.3. The lowest BCUT2D eigenvalue weighted by Crippen LogP contribution is -2.38. The van der Waals surface area contributed by atoms with Crippen molar-refractivity contribution in [2.24, 2.45) is 0 Å². The SMILES string of the molecule is CC(=O)N1CCC[C@H](c2nnc3n2CCN(Cc2ccc(C)c(C)c2)CC3)C1. The standard InChI is InChI=1S/C22H31N5O/c1-16-6-7-19(13-17(16)2)14-25-10-8-21-23-24-22(27(21)12-11-25)20-5-4-9-26(15-20)18(3)28/h6-7,13,20H,4-5,8-12,14-15H2,1-3H3/t20-/m0/s1. The van der Waals surface area contributed by atoms with Gasteiger partial charge in [0.05, 0.1) is 0 Å². The molecule has 1 amide bonds. The molecule has 6 nitrogen and oxygen atoms in total. The van der Waals surface area contributed by atoms with Crippen LogP contribution in [0, 0.1) is 13.8 Å². The number of rotatable bonds is 3. The molecule has 0 aliphatic carbocycles. The lowest BCUT2D eigenvalue weighted by atomic mass is 9.97. The van der Waals surface area contributed by atoms with Crippen molar-refractivity contribution in [1.82, 2.24) is 24.6 Å². The summed E-state index contributed by atoms with van der Waals surface area (Å²) < 4.78 is 2.33. The van der Waals surface area contributed by atoms with E-state index in [9.17, 15) is 4.79 Å². The molecule has 3 heterocycles. The van der Waals surface area contributed by atoms with Gasteiger partial charge in [-0.25, -0.2) is 0 Å². The highest BCUT2D eigenvalue weighted by Crippen LogP contribution is 2.27. The van der Waals surface area contributed by atoms with Crippen molar-refractivity contribution in [3.05, 3.63) is 46.5 Å². The number of piperidine rings is 1. The van der Waals surface area contributed by atoms with E-state index in [4.69, 9.17) is 0 Å². The Labute approximate surface area is 167 Å². The highest BCUT2D eigenvalue weighted by Gasteiger charge is 2.29. The molecule has 150 valence electrons. The fraction of sp³-hybridized carbons (Fsp3) is 0.591. The van der Waals surface area contributed by atoms with E-state index >= 15 is 0 Å². The molecular weight excluding hydrogens is 350 g/mol. The van der Waals surface area contributed by atoms with Gasteiger partial charge in [-0.15, -0.1) is 10.2 Å². The van der Waals surface area contributed by atoms with Crippen molar-refractivity contribution < 1.29 is 4.79 Å². The van der Waals surface area contributed by atoms with Crippen LogP contribution in [0.1, 0.15) is 54.0 Å². The van der Waals surface area contributed by atoms with Crippen LogP contribution in [-0.4, -0.2) is 56.7 Å². The van der Waals surface area contributed by atoms with Crippen molar-refractivity contribution in [1.29, 1.82) is 0 Å². The number of aromatic nitrogens is 3. The number of aryl methyl sites for hydroxylation is 2. The van der Waals surface area contributed by atoms with Gasteiger partial charge in [0, 0.05) is 58.5 Å². The maximum atomic E-state index is 11.8. The first-order valence-corrected chi connectivity index (χ1v) is 10.5. The minimum atomic E-state index is 0.167. The van der Waals surface area contributed by atoms with Crippen LogP contribution in [0.4, 0.5) is 0 Å². The summed E-state index contributed by atoms with van der Waals surface area (Å²) in [5, 5.41) is 9.06.